The Morgan fingerprint density at radius 1 is 1.73 bits per heavy atom. The van der Waals surface area contributed by atoms with Crippen LogP contribution in [0, 0.1) is 5.41 Å². The molecular weight excluding hydrogens is 166 g/mol. The van der Waals surface area contributed by atoms with Crippen molar-refractivity contribution in [3.8, 4) is 0 Å². The van der Waals surface area contributed by atoms with Crippen molar-refractivity contribution < 1.29 is 9.90 Å². The van der Waals surface area contributed by atoms with E-state index in [0.717, 1.165) is 0 Å². The molecule has 0 saturated heterocycles. The minimum Gasteiger partial charge on any atom is -0.481 e. The number of nitrogens with one attached hydrogen (secondary N) is 2. The number of aliphatic carboxylic acids is 1. The fourth-order valence-corrected chi connectivity index (χ4v) is 1.08. The summed E-state index contributed by atoms with van der Waals surface area (Å²) in [6.07, 6.45) is 0.143. The van der Waals surface area contributed by atoms with E-state index in [2.05, 4.69) is 5.32 Å². The normalized spacial score (nSPS) is 9.09. The minimum absolute atomic E-state index is 0.0900. The number of nitrogens with two attached hydrogens (primary N) is 1. The molecule has 0 amide bonds. The Morgan fingerprint density at radius 2 is 2.36 bits per heavy atom. The molecule has 5 N–H and O–H groups in total. The zero-order valence-corrected chi connectivity index (χ0v) is 6.78. The number of hydrogen-bond donors (Lipinski definition) is 4. The van der Waals surface area contributed by atoms with Gasteiger partial charge in [0.25, 0.3) is 0 Å². The summed E-state index contributed by atoms with van der Waals surface area (Å²) in [4.78, 5) is 10.00. The Bertz CT molecular complexity index is 135. The van der Waals surface area contributed by atoms with Gasteiger partial charge in [0, 0.05) is 5.75 Å². The molecule has 0 radical (unpaired) electrons. The lowest BCUT2D eigenvalue weighted by molar-refractivity contribution is -0.136. The molecule has 0 aliphatic rings. The Labute approximate surface area is 68.9 Å². The molecular formula is C5H11N3O2S. The fourth-order valence-electron chi connectivity index (χ4n) is 0.360. The van der Waals surface area contributed by atoms with E-state index in [1.807, 2.05) is 0 Å². The molecule has 0 aliphatic carbocycles. The van der Waals surface area contributed by atoms with Gasteiger partial charge in [-0.1, -0.05) is 0 Å². The van der Waals surface area contributed by atoms with Crippen LogP contribution >= 0.6 is 11.8 Å². The smallest absolute Gasteiger partial charge is 0.304 e. The lowest BCUT2D eigenvalue weighted by Gasteiger charge is -2.00. The van der Waals surface area contributed by atoms with Crippen molar-refractivity contribution in [2.45, 2.75) is 6.42 Å². The van der Waals surface area contributed by atoms with Gasteiger partial charge >= 0.3 is 5.97 Å². The van der Waals surface area contributed by atoms with E-state index in [1.165, 1.54) is 11.8 Å². The second-order valence-electron chi connectivity index (χ2n) is 1.79. The monoisotopic (exact) mass is 177 g/mol. The summed E-state index contributed by atoms with van der Waals surface area (Å²) < 4.78 is 0. The molecule has 0 fully saturated rings. The van der Waals surface area contributed by atoms with Gasteiger partial charge in [-0.25, -0.2) is 0 Å². The van der Waals surface area contributed by atoms with Gasteiger partial charge in [-0.3, -0.25) is 10.2 Å². The molecule has 0 unspecified atom stereocenters. The number of carboxylic acid groups (broad SMARTS) is 1. The lowest BCUT2D eigenvalue weighted by Crippen LogP contribution is -2.29. The average Bonchev–Trinajstić information content (AvgIpc) is 1.85. The first-order valence-corrected chi connectivity index (χ1v) is 4.16. The number of guanidine groups is 1. The van der Waals surface area contributed by atoms with Gasteiger partial charge in [-0.15, -0.1) is 11.8 Å². The minimum atomic E-state index is -0.805. The van der Waals surface area contributed by atoms with E-state index in [0.29, 0.717) is 11.6 Å². The Morgan fingerprint density at radius 3 is 2.82 bits per heavy atom. The first-order valence-electron chi connectivity index (χ1n) is 3.00. The van der Waals surface area contributed by atoms with Gasteiger partial charge in [0.05, 0.1) is 12.3 Å². The number of hydrogen-bond acceptors (Lipinski definition) is 3. The molecule has 5 nitrogen and oxygen atoms in total. The summed E-state index contributed by atoms with van der Waals surface area (Å²) in [6, 6.07) is 0. The van der Waals surface area contributed by atoms with Crippen LogP contribution in [0.25, 0.3) is 0 Å². The average molecular weight is 177 g/mol. The highest BCUT2D eigenvalue weighted by Gasteiger charge is 1.95. The predicted octanol–water partition coefficient (Wildman–Crippen LogP) is -0.365. The molecule has 0 aromatic rings. The molecule has 0 aromatic heterocycles. The summed E-state index contributed by atoms with van der Waals surface area (Å²) in [5.74, 6) is 0.131. The van der Waals surface area contributed by atoms with Gasteiger partial charge in [0.1, 0.15) is 0 Å². The first-order chi connectivity index (χ1) is 5.13. The highest BCUT2D eigenvalue weighted by atomic mass is 32.2. The maximum absolute atomic E-state index is 10.00. The number of carbonyl (C=O) groups is 1. The number of carboxylic acids is 1. The predicted molar refractivity (Wildman–Crippen MR) is 44.6 cm³/mol. The third-order valence-corrected chi connectivity index (χ3v) is 1.67. The molecule has 6 heteroatoms. The third-order valence-electron chi connectivity index (χ3n) is 0.825. The topological polar surface area (TPSA) is 99.2 Å². The van der Waals surface area contributed by atoms with Crippen LogP contribution in [0.4, 0.5) is 0 Å². The van der Waals surface area contributed by atoms with Crippen molar-refractivity contribution in [1.29, 1.82) is 5.41 Å². The number of thioether (sulfide) groups is 1. The van der Waals surface area contributed by atoms with Crippen molar-refractivity contribution in [2.24, 2.45) is 5.73 Å². The van der Waals surface area contributed by atoms with Crippen molar-refractivity contribution in [1.82, 2.24) is 5.32 Å². The fraction of sp³-hybridized carbons (Fsp3) is 0.600. The zero-order chi connectivity index (χ0) is 8.69. The van der Waals surface area contributed by atoms with Gasteiger partial charge < -0.3 is 16.2 Å². The van der Waals surface area contributed by atoms with E-state index in [4.69, 9.17) is 16.2 Å². The van der Waals surface area contributed by atoms with E-state index in [9.17, 15) is 4.79 Å². The van der Waals surface area contributed by atoms with E-state index in [1.54, 1.807) is 0 Å². The third kappa shape index (κ3) is 9.09. The maximum Gasteiger partial charge on any atom is 0.304 e. The summed E-state index contributed by atoms with van der Waals surface area (Å²) in [5, 5.41) is 17.5. The second kappa shape index (κ2) is 5.84. The van der Waals surface area contributed by atoms with Crippen molar-refractivity contribution in [3.63, 3.8) is 0 Å². The molecule has 11 heavy (non-hydrogen) atoms. The molecule has 0 atom stereocenters. The molecule has 0 spiro atoms. The molecule has 64 valence electrons. The molecule has 0 saturated carbocycles. The SMILES string of the molecule is N=C(N)NCSCCC(=O)O. The van der Waals surface area contributed by atoms with Crippen LogP contribution in [0.15, 0.2) is 0 Å². The van der Waals surface area contributed by atoms with Gasteiger partial charge in [0.2, 0.25) is 0 Å². The van der Waals surface area contributed by atoms with Crippen LogP contribution in [0.2, 0.25) is 0 Å². The van der Waals surface area contributed by atoms with Crippen LogP contribution < -0.4 is 11.1 Å². The lowest BCUT2D eigenvalue weighted by atomic mass is 10.5. The summed E-state index contributed by atoms with van der Waals surface area (Å²) in [6.45, 7) is 0. The Hall–Kier alpha value is -0.910. The molecule has 0 aromatic carbocycles. The van der Waals surface area contributed by atoms with Gasteiger partial charge in [-0.2, -0.15) is 0 Å². The summed E-state index contributed by atoms with van der Waals surface area (Å²) in [7, 11) is 0. The van der Waals surface area contributed by atoms with E-state index >= 15 is 0 Å². The van der Waals surface area contributed by atoms with Gasteiger partial charge in [0.15, 0.2) is 5.96 Å². The van der Waals surface area contributed by atoms with Crippen LogP contribution in [0.1, 0.15) is 6.42 Å². The molecule has 0 aliphatic heterocycles. The van der Waals surface area contributed by atoms with Crippen molar-refractivity contribution in [3.05, 3.63) is 0 Å². The van der Waals surface area contributed by atoms with Gasteiger partial charge in [-0.05, 0) is 0 Å². The highest BCUT2D eigenvalue weighted by Crippen LogP contribution is 1.98. The second-order valence-corrected chi connectivity index (χ2v) is 2.89. The maximum atomic E-state index is 10.00. The molecule has 0 rings (SSSR count). The standard InChI is InChI=1S/C5H11N3O2S/c6-5(7)8-3-11-2-1-4(9)10/h1-3H2,(H,9,10)(H4,6,7,8). The first kappa shape index (κ1) is 10.1. The van der Waals surface area contributed by atoms with Crippen molar-refractivity contribution >= 4 is 23.7 Å². The largest absolute Gasteiger partial charge is 0.481 e. The quantitative estimate of drug-likeness (QED) is 0.199. The van der Waals surface area contributed by atoms with Crippen LogP contribution in [-0.4, -0.2) is 28.7 Å². The van der Waals surface area contributed by atoms with E-state index < -0.39 is 5.97 Å². The summed E-state index contributed by atoms with van der Waals surface area (Å²) in [5.41, 5.74) is 4.98. The highest BCUT2D eigenvalue weighted by molar-refractivity contribution is 7.99. The van der Waals surface area contributed by atoms with Crippen LogP contribution in [0.5, 0.6) is 0 Å². The van der Waals surface area contributed by atoms with Crippen molar-refractivity contribution in [2.75, 3.05) is 11.6 Å². The molecule has 0 bridgehead atoms. The summed E-state index contributed by atoms with van der Waals surface area (Å²) >= 11 is 1.40. The van der Waals surface area contributed by atoms with E-state index in [-0.39, 0.29) is 12.4 Å². The molecule has 0 heterocycles. The van der Waals surface area contributed by atoms with Crippen LogP contribution in [0.3, 0.4) is 0 Å². The Balaban J connectivity index is 3.03. The Kier molecular flexibility index (Phi) is 5.36. The number of rotatable bonds is 5. The zero-order valence-electron chi connectivity index (χ0n) is 5.96. The van der Waals surface area contributed by atoms with Crippen LogP contribution in [-0.2, 0) is 4.79 Å².